The fourth-order valence-corrected chi connectivity index (χ4v) is 2.09. The maximum absolute atomic E-state index is 8.51. The monoisotopic (exact) mass is 250 g/mol. The number of aromatic nitrogens is 2. The molecular formula is C12H18N4O2. The summed E-state index contributed by atoms with van der Waals surface area (Å²) in [5.41, 5.74) is 5.74. The second-order valence-corrected chi connectivity index (χ2v) is 4.46. The third kappa shape index (κ3) is 3.32. The lowest BCUT2D eigenvalue weighted by molar-refractivity contribution is 0.175. The standard InChI is InChI=1S/C12H18N4O2/c13-12(16-17)10-7-15-11(8-14-10)18-9-5-3-1-2-4-6-9/h7-9,17H,1-6H2,(H2,13,16). The van der Waals surface area contributed by atoms with Gasteiger partial charge in [0.2, 0.25) is 5.88 Å². The van der Waals surface area contributed by atoms with Crippen molar-refractivity contribution in [3.63, 3.8) is 0 Å². The van der Waals surface area contributed by atoms with Crippen LogP contribution >= 0.6 is 0 Å². The van der Waals surface area contributed by atoms with Gasteiger partial charge in [-0.25, -0.2) is 9.97 Å². The highest BCUT2D eigenvalue weighted by Gasteiger charge is 2.14. The number of nitrogens with two attached hydrogens (primary N) is 1. The molecule has 0 aromatic carbocycles. The summed E-state index contributed by atoms with van der Waals surface area (Å²) in [6.45, 7) is 0. The molecule has 0 saturated heterocycles. The Kier molecular flexibility index (Phi) is 4.33. The summed E-state index contributed by atoms with van der Waals surface area (Å²) in [5, 5.41) is 11.4. The van der Waals surface area contributed by atoms with E-state index in [0.29, 0.717) is 11.6 Å². The van der Waals surface area contributed by atoms with Gasteiger partial charge in [-0.15, -0.1) is 0 Å². The van der Waals surface area contributed by atoms with Crippen molar-refractivity contribution in [3.05, 3.63) is 18.1 Å². The summed E-state index contributed by atoms with van der Waals surface area (Å²) in [4.78, 5) is 8.15. The number of ether oxygens (including phenoxy) is 1. The molecule has 2 rings (SSSR count). The van der Waals surface area contributed by atoms with Crippen LogP contribution in [0.25, 0.3) is 0 Å². The van der Waals surface area contributed by atoms with E-state index in [4.69, 9.17) is 15.7 Å². The first-order valence-electron chi connectivity index (χ1n) is 6.26. The zero-order chi connectivity index (χ0) is 12.8. The van der Waals surface area contributed by atoms with Gasteiger partial charge >= 0.3 is 0 Å². The molecule has 0 atom stereocenters. The van der Waals surface area contributed by atoms with Gasteiger partial charge in [-0.2, -0.15) is 0 Å². The van der Waals surface area contributed by atoms with Crippen LogP contribution in [0.4, 0.5) is 0 Å². The van der Waals surface area contributed by atoms with Crippen molar-refractivity contribution in [2.75, 3.05) is 0 Å². The average Bonchev–Trinajstić information content (AvgIpc) is 2.67. The van der Waals surface area contributed by atoms with Gasteiger partial charge in [0.25, 0.3) is 0 Å². The molecule has 0 spiro atoms. The normalized spacial score (nSPS) is 18.3. The van der Waals surface area contributed by atoms with E-state index < -0.39 is 0 Å². The van der Waals surface area contributed by atoms with Crippen molar-refractivity contribution < 1.29 is 9.94 Å². The summed E-state index contributed by atoms with van der Waals surface area (Å²) in [7, 11) is 0. The zero-order valence-electron chi connectivity index (χ0n) is 10.2. The highest BCUT2D eigenvalue weighted by atomic mass is 16.5. The molecule has 1 fully saturated rings. The van der Waals surface area contributed by atoms with Crippen LogP contribution < -0.4 is 10.5 Å². The van der Waals surface area contributed by atoms with Crippen molar-refractivity contribution in [2.45, 2.75) is 44.6 Å². The van der Waals surface area contributed by atoms with E-state index in [1.165, 1.54) is 38.1 Å². The molecule has 18 heavy (non-hydrogen) atoms. The number of oxime groups is 1. The summed E-state index contributed by atoms with van der Waals surface area (Å²) in [5.74, 6) is 0.444. The molecule has 1 aliphatic rings. The van der Waals surface area contributed by atoms with Crippen LogP contribution in [0.3, 0.4) is 0 Å². The molecule has 0 amide bonds. The van der Waals surface area contributed by atoms with Crippen LogP contribution in [0.2, 0.25) is 0 Å². The van der Waals surface area contributed by atoms with E-state index in [0.717, 1.165) is 12.8 Å². The quantitative estimate of drug-likeness (QED) is 0.280. The minimum Gasteiger partial charge on any atom is -0.473 e. The second-order valence-electron chi connectivity index (χ2n) is 4.46. The molecule has 0 aliphatic heterocycles. The smallest absolute Gasteiger partial charge is 0.232 e. The van der Waals surface area contributed by atoms with Gasteiger partial charge in [-0.05, 0) is 25.7 Å². The minimum atomic E-state index is -0.0523. The number of rotatable bonds is 3. The summed E-state index contributed by atoms with van der Waals surface area (Å²) in [6, 6.07) is 0. The van der Waals surface area contributed by atoms with Gasteiger partial charge < -0.3 is 15.7 Å². The molecule has 0 unspecified atom stereocenters. The first kappa shape index (κ1) is 12.6. The number of nitrogens with zero attached hydrogens (tertiary/aromatic N) is 3. The van der Waals surface area contributed by atoms with Crippen molar-refractivity contribution in [3.8, 4) is 5.88 Å². The van der Waals surface area contributed by atoms with Crippen LogP contribution in [-0.2, 0) is 0 Å². The molecule has 1 aromatic heterocycles. The molecule has 1 heterocycles. The van der Waals surface area contributed by atoms with E-state index in [-0.39, 0.29) is 11.9 Å². The highest BCUT2D eigenvalue weighted by molar-refractivity contribution is 5.94. The van der Waals surface area contributed by atoms with Gasteiger partial charge in [0.05, 0.1) is 12.4 Å². The Balaban J connectivity index is 1.97. The lowest BCUT2D eigenvalue weighted by atomic mass is 10.1. The Labute approximate surface area is 106 Å². The average molecular weight is 250 g/mol. The molecule has 6 heteroatoms. The summed E-state index contributed by atoms with van der Waals surface area (Å²) in [6.07, 6.45) is 10.3. The van der Waals surface area contributed by atoms with Crippen LogP contribution in [0.1, 0.15) is 44.2 Å². The molecule has 98 valence electrons. The van der Waals surface area contributed by atoms with Crippen LogP contribution in [0, 0.1) is 0 Å². The van der Waals surface area contributed by atoms with Crippen molar-refractivity contribution in [2.24, 2.45) is 10.9 Å². The van der Waals surface area contributed by atoms with Gasteiger partial charge in [0, 0.05) is 0 Å². The van der Waals surface area contributed by atoms with E-state index in [1.807, 2.05) is 0 Å². The minimum absolute atomic E-state index is 0.0523. The van der Waals surface area contributed by atoms with Gasteiger partial charge in [-0.3, -0.25) is 0 Å². The third-order valence-corrected chi connectivity index (χ3v) is 3.09. The van der Waals surface area contributed by atoms with Gasteiger partial charge in [0.15, 0.2) is 5.84 Å². The van der Waals surface area contributed by atoms with Gasteiger partial charge in [0.1, 0.15) is 11.8 Å². The Morgan fingerprint density at radius 1 is 1.22 bits per heavy atom. The number of amidine groups is 1. The predicted molar refractivity (Wildman–Crippen MR) is 66.7 cm³/mol. The Bertz CT molecular complexity index is 397. The van der Waals surface area contributed by atoms with E-state index >= 15 is 0 Å². The Morgan fingerprint density at radius 2 is 1.94 bits per heavy atom. The Morgan fingerprint density at radius 3 is 2.50 bits per heavy atom. The van der Waals surface area contributed by atoms with Crippen LogP contribution in [-0.4, -0.2) is 27.1 Å². The lowest BCUT2D eigenvalue weighted by Crippen LogP contribution is -2.18. The molecule has 0 radical (unpaired) electrons. The second kappa shape index (κ2) is 6.18. The fourth-order valence-electron chi connectivity index (χ4n) is 2.09. The maximum atomic E-state index is 8.51. The third-order valence-electron chi connectivity index (χ3n) is 3.09. The number of hydrogen-bond acceptors (Lipinski definition) is 5. The molecule has 1 aromatic rings. The van der Waals surface area contributed by atoms with Crippen LogP contribution in [0.15, 0.2) is 17.5 Å². The molecule has 1 saturated carbocycles. The first-order valence-corrected chi connectivity index (χ1v) is 6.26. The zero-order valence-corrected chi connectivity index (χ0v) is 10.2. The van der Waals surface area contributed by atoms with E-state index in [1.54, 1.807) is 0 Å². The van der Waals surface area contributed by atoms with E-state index in [2.05, 4.69) is 15.1 Å². The van der Waals surface area contributed by atoms with Gasteiger partial charge in [-0.1, -0.05) is 18.0 Å². The molecular weight excluding hydrogens is 232 g/mol. The summed E-state index contributed by atoms with van der Waals surface area (Å²) < 4.78 is 5.79. The number of hydrogen-bond donors (Lipinski definition) is 2. The molecule has 1 aliphatic carbocycles. The molecule has 6 nitrogen and oxygen atoms in total. The SMILES string of the molecule is NC(=NO)c1cnc(OC2CCCCCC2)cn1. The highest BCUT2D eigenvalue weighted by Crippen LogP contribution is 2.21. The first-order chi connectivity index (χ1) is 8.79. The van der Waals surface area contributed by atoms with Crippen molar-refractivity contribution >= 4 is 5.84 Å². The summed E-state index contributed by atoms with van der Waals surface area (Å²) >= 11 is 0. The van der Waals surface area contributed by atoms with Crippen molar-refractivity contribution in [1.82, 2.24) is 9.97 Å². The van der Waals surface area contributed by atoms with E-state index in [9.17, 15) is 0 Å². The molecule has 3 N–H and O–H groups in total. The lowest BCUT2D eigenvalue weighted by Gasteiger charge is -2.15. The predicted octanol–water partition coefficient (Wildman–Crippen LogP) is 1.67. The van der Waals surface area contributed by atoms with Crippen LogP contribution in [0.5, 0.6) is 5.88 Å². The molecule has 0 bridgehead atoms. The maximum Gasteiger partial charge on any atom is 0.232 e. The van der Waals surface area contributed by atoms with Crippen molar-refractivity contribution in [1.29, 1.82) is 0 Å². The largest absolute Gasteiger partial charge is 0.473 e. The topological polar surface area (TPSA) is 93.6 Å². The fraction of sp³-hybridized carbons (Fsp3) is 0.583. The Hall–Kier alpha value is -1.85.